The number of thiophene rings is 1. The number of nitrogens with one attached hydrogen (secondary N) is 2. The predicted molar refractivity (Wildman–Crippen MR) is 117 cm³/mol. The van der Waals surface area contributed by atoms with Gasteiger partial charge >= 0.3 is 0 Å². The summed E-state index contributed by atoms with van der Waals surface area (Å²) in [6.45, 7) is 5.42. The molecule has 0 saturated carbocycles. The lowest BCUT2D eigenvalue weighted by Crippen LogP contribution is -2.52. The van der Waals surface area contributed by atoms with Gasteiger partial charge in [-0.15, -0.1) is 36.2 Å². The maximum absolute atomic E-state index is 14.5. The van der Waals surface area contributed by atoms with Gasteiger partial charge in [-0.2, -0.15) is 0 Å². The Morgan fingerprint density at radius 3 is 3.00 bits per heavy atom. The Hall–Kier alpha value is -1.38. The summed E-state index contributed by atoms with van der Waals surface area (Å²) < 4.78 is 19.7. The number of pyridine rings is 1. The van der Waals surface area contributed by atoms with Crippen LogP contribution in [0.2, 0.25) is 0 Å². The van der Waals surface area contributed by atoms with Crippen molar-refractivity contribution in [2.45, 2.75) is 19.4 Å². The van der Waals surface area contributed by atoms with E-state index in [1.54, 1.807) is 30.8 Å². The van der Waals surface area contributed by atoms with Gasteiger partial charge in [0.2, 0.25) is 0 Å². The average Bonchev–Trinajstić information content (AvgIpc) is 2.92. The number of piperazine rings is 1. The summed E-state index contributed by atoms with van der Waals surface area (Å²) in [7, 11) is 1.73. The summed E-state index contributed by atoms with van der Waals surface area (Å²) >= 11 is 1.69. The van der Waals surface area contributed by atoms with E-state index in [0.29, 0.717) is 16.6 Å². The lowest BCUT2D eigenvalue weighted by atomic mass is 10.1. The van der Waals surface area contributed by atoms with Crippen molar-refractivity contribution in [1.82, 2.24) is 15.2 Å². The molecule has 1 atom stereocenters. The van der Waals surface area contributed by atoms with Crippen LogP contribution in [0.3, 0.4) is 0 Å². The van der Waals surface area contributed by atoms with Crippen LogP contribution in [0.15, 0.2) is 18.3 Å². The quantitative estimate of drug-likeness (QED) is 0.752. The number of fused-ring (bicyclic) bond motifs is 2. The predicted octanol–water partition coefficient (Wildman–Crippen LogP) is 2.06. The van der Waals surface area contributed by atoms with Crippen molar-refractivity contribution in [3.63, 3.8) is 0 Å². The first-order valence-corrected chi connectivity index (χ1v) is 9.68. The summed E-state index contributed by atoms with van der Waals surface area (Å²) in [4.78, 5) is 8.12. The molecule has 4 heterocycles. The highest BCUT2D eigenvalue weighted by Crippen LogP contribution is 2.34. The van der Waals surface area contributed by atoms with Crippen LogP contribution >= 0.6 is 36.2 Å². The van der Waals surface area contributed by atoms with Crippen molar-refractivity contribution in [1.29, 1.82) is 0 Å². The number of aryl methyl sites for hydroxylation is 1. The highest BCUT2D eigenvalue weighted by Gasteiger charge is 2.26. The Bertz CT molecular complexity index is 937. The second-order valence-corrected chi connectivity index (χ2v) is 7.93. The molecule has 154 valence electrons. The number of methoxy groups -OCH3 is 1. The van der Waals surface area contributed by atoms with Crippen LogP contribution in [0.25, 0.3) is 11.9 Å². The summed E-state index contributed by atoms with van der Waals surface area (Å²) in [6, 6.07) is 3.93. The normalized spacial score (nSPS) is 17.9. The molecule has 0 bridgehead atoms. The van der Waals surface area contributed by atoms with Crippen molar-refractivity contribution in [3.05, 3.63) is 45.2 Å². The Balaban J connectivity index is 0.00000140. The zero-order chi connectivity index (χ0) is 18.1. The molecule has 0 aliphatic carbocycles. The molecule has 0 amide bonds. The Kier molecular flexibility index (Phi) is 8.09. The van der Waals surface area contributed by atoms with Gasteiger partial charge in [-0.05, 0) is 25.5 Å². The molecular weight excluding hydrogens is 422 g/mol. The summed E-state index contributed by atoms with van der Waals surface area (Å²) in [5.74, 6) is -0.252. The van der Waals surface area contributed by atoms with Crippen molar-refractivity contribution >= 4 is 53.0 Å². The standard InChI is InChI=1S/C19H23FN4OS.2ClH/c1-12-9-14-18(24-7-6-21-13(11-24)4-8-25-2)17-15(10-23-19(14)26-12)16(20)3-5-22-17;;/h3,5,9-10,13,21,23H,4,6-8,11H2,1-2H3;2*1H. The highest BCUT2D eigenvalue weighted by atomic mass is 35.5. The number of nitrogens with zero attached hydrogens (tertiary/aromatic N) is 2. The van der Waals surface area contributed by atoms with E-state index >= 15 is 0 Å². The van der Waals surface area contributed by atoms with Crippen LogP contribution in [-0.4, -0.2) is 49.3 Å². The number of hydrogen-bond acceptors (Lipinski definition) is 6. The molecule has 4 rings (SSSR count). The first kappa shape index (κ1) is 22.9. The molecule has 0 radical (unpaired) electrons. The average molecular weight is 447 g/mol. The van der Waals surface area contributed by atoms with Gasteiger partial charge in [0.25, 0.3) is 0 Å². The smallest absolute Gasteiger partial charge is 0.135 e. The van der Waals surface area contributed by atoms with Crippen LogP contribution in [-0.2, 0) is 4.74 Å². The fourth-order valence-corrected chi connectivity index (χ4v) is 4.52. The number of ether oxygens (including phenoxy) is 1. The molecule has 5 nitrogen and oxygen atoms in total. The molecule has 9 heteroatoms. The van der Waals surface area contributed by atoms with E-state index in [1.807, 2.05) is 0 Å². The van der Waals surface area contributed by atoms with Crippen molar-refractivity contribution < 1.29 is 9.13 Å². The van der Waals surface area contributed by atoms with Gasteiger partial charge in [0.15, 0.2) is 0 Å². The van der Waals surface area contributed by atoms with Crippen molar-refractivity contribution in [2.75, 3.05) is 38.7 Å². The lowest BCUT2D eigenvalue weighted by Gasteiger charge is -2.36. The molecule has 2 aliphatic rings. The van der Waals surface area contributed by atoms with Crippen LogP contribution in [0.5, 0.6) is 0 Å². The molecule has 1 fully saturated rings. The molecule has 2 N–H and O–H groups in total. The van der Waals surface area contributed by atoms with E-state index in [0.717, 1.165) is 48.9 Å². The molecule has 2 aromatic heterocycles. The Morgan fingerprint density at radius 2 is 2.21 bits per heavy atom. The van der Waals surface area contributed by atoms with Gasteiger partial charge in [0.1, 0.15) is 10.8 Å². The zero-order valence-electron chi connectivity index (χ0n) is 15.8. The van der Waals surface area contributed by atoms with Gasteiger partial charge in [-0.3, -0.25) is 4.98 Å². The van der Waals surface area contributed by atoms with Gasteiger partial charge in [0.05, 0.1) is 16.3 Å². The monoisotopic (exact) mass is 446 g/mol. The number of hydrogen-bond donors (Lipinski definition) is 2. The molecule has 2 aromatic rings. The molecule has 2 aliphatic heterocycles. The lowest BCUT2D eigenvalue weighted by molar-refractivity contribution is 0.166. The summed E-state index contributed by atoms with van der Waals surface area (Å²) in [5, 5.41) is 9.12. The Morgan fingerprint density at radius 1 is 1.39 bits per heavy atom. The topological polar surface area (TPSA) is 49.4 Å². The third kappa shape index (κ3) is 4.44. The maximum atomic E-state index is 14.5. The number of rotatable bonds is 4. The first-order chi connectivity index (χ1) is 12.7. The Labute approximate surface area is 180 Å². The largest absolute Gasteiger partial charge is 0.385 e. The second kappa shape index (κ2) is 9.89. The second-order valence-electron chi connectivity index (χ2n) is 6.67. The molecule has 0 aromatic carbocycles. The number of anilines is 1. The molecule has 1 unspecified atom stereocenters. The third-order valence-corrected chi connectivity index (χ3v) is 5.84. The van der Waals surface area contributed by atoms with E-state index in [4.69, 9.17) is 4.74 Å². The van der Waals surface area contributed by atoms with E-state index in [-0.39, 0.29) is 30.6 Å². The number of aromatic nitrogens is 1. The van der Waals surface area contributed by atoms with E-state index in [1.165, 1.54) is 10.9 Å². The van der Waals surface area contributed by atoms with Crippen LogP contribution in [0.1, 0.15) is 16.9 Å². The van der Waals surface area contributed by atoms with Crippen molar-refractivity contribution in [3.8, 4) is 0 Å². The van der Waals surface area contributed by atoms with Crippen molar-refractivity contribution in [2.24, 2.45) is 0 Å². The first-order valence-electron chi connectivity index (χ1n) is 8.87. The van der Waals surface area contributed by atoms with E-state index in [2.05, 4.69) is 33.5 Å². The van der Waals surface area contributed by atoms with Gasteiger partial charge in [-0.1, -0.05) is 0 Å². The SMILES string of the molecule is COCCC1CN(C2=c3nccc(F)c3=CNc3sc(C)cc32)CCN1.Cl.Cl. The molecule has 28 heavy (non-hydrogen) atoms. The molecule has 0 spiro atoms. The van der Waals surface area contributed by atoms with Gasteiger partial charge < -0.3 is 20.3 Å². The minimum absolute atomic E-state index is 0. The summed E-state index contributed by atoms with van der Waals surface area (Å²) in [6.07, 6.45) is 4.24. The molecular formula is C19H25Cl2FN4OS. The van der Waals surface area contributed by atoms with Gasteiger partial charge in [0, 0.05) is 62.2 Å². The molecule has 1 saturated heterocycles. The maximum Gasteiger partial charge on any atom is 0.135 e. The minimum Gasteiger partial charge on any atom is -0.385 e. The van der Waals surface area contributed by atoms with Crippen LogP contribution in [0, 0.1) is 12.7 Å². The van der Waals surface area contributed by atoms with E-state index < -0.39 is 0 Å². The fraction of sp³-hybridized carbons (Fsp3) is 0.421. The van der Waals surface area contributed by atoms with Crippen LogP contribution < -0.4 is 21.2 Å². The highest BCUT2D eigenvalue weighted by molar-refractivity contribution is 7.16. The summed E-state index contributed by atoms with van der Waals surface area (Å²) in [5.41, 5.74) is 2.12. The van der Waals surface area contributed by atoms with Crippen LogP contribution in [0.4, 0.5) is 9.39 Å². The van der Waals surface area contributed by atoms with Gasteiger partial charge in [-0.25, -0.2) is 4.39 Å². The zero-order valence-corrected chi connectivity index (χ0v) is 18.3. The van der Waals surface area contributed by atoms with E-state index in [9.17, 15) is 4.39 Å². The fourth-order valence-electron chi connectivity index (χ4n) is 3.64. The third-order valence-electron chi connectivity index (χ3n) is 4.86. The minimum atomic E-state index is -0.252. The number of halogens is 3.